The van der Waals surface area contributed by atoms with Crippen molar-refractivity contribution in [3.05, 3.63) is 47.3 Å². The van der Waals surface area contributed by atoms with Gasteiger partial charge in [-0.15, -0.1) is 0 Å². The number of fused-ring (bicyclic) bond motifs is 1. The van der Waals surface area contributed by atoms with Crippen LogP contribution >= 0.6 is 11.3 Å². The molecular formula is C25H29F3N4O2S. The van der Waals surface area contributed by atoms with Crippen molar-refractivity contribution in [2.24, 2.45) is 11.8 Å². The molecule has 1 aromatic carbocycles. The van der Waals surface area contributed by atoms with Crippen molar-refractivity contribution < 1.29 is 23.1 Å². The number of hydrogen-bond donors (Lipinski definition) is 2. The lowest BCUT2D eigenvalue weighted by Gasteiger charge is -2.33. The normalized spacial score (nSPS) is 15.7. The summed E-state index contributed by atoms with van der Waals surface area (Å²) in [6, 6.07) is 6.62. The fraction of sp³-hybridized carbons (Fsp3) is 0.480. The number of alkyl halides is 3. The second-order valence-electron chi connectivity index (χ2n) is 9.85. The van der Waals surface area contributed by atoms with Crippen LogP contribution in [0.2, 0.25) is 0 Å². The minimum atomic E-state index is -4.66. The number of piperidine rings is 1. The number of nitrogens with one attached hydrogen (secondary N) is 1. The summed E-state index contributed by atoms with van der Waals surface area (Å²) in [7, 11) is 0. The molecule has 4 rings (SSSR count). The van der Waals surface area contributed by atoms with E-state index in [9.17, 15) is 23.1 Å². The van der Waals surface area contributed by atoms with Gasteiger partial charge >= 0.3 is 6.18 Å². The van der Waals surface area contributed by atoms with Gasteiger partial charge < -0.3 is 15.3 Å². The molecular weight excluding hydrogens is 477 g/mol. The fourth-order valence-corrected chi connectivity index (χ4v) is 5.41. The number of carbonyl (C=O) groups excluding carboxylic acids is 1. The lowest BCUT2D eigenvalue weighted by Crippen LogP contribution is -2.35. The molecule has 2 N–H and O–H groups in total. The lowest BCUT2D eigenvalue weighted by molar-refractivity contribution is -0.141. The maximum absolute atomic E-state index is 13.0. The third-order valence-corrected chi connectivity index (χ3v) is 7.53. The number of aromatic nitrogens is 2. The van der Waals surface area contributed by atoms with Gasteiger partial charge in [-0.05, 0) is 62.8 Å². The molecule has 0 aliphatic carbocycles. The van der Waals surface area contributed by atoms with Gasteiger partial charge in [0.25, 0.3) is 5.91 Å². The van der Waals surface area contributed by atoms with Gasteiger partial charge in [-0.2, -0.15) is 13.2 Å². The zero-order valence-electron chi connectivity index (χ0n) is 20.1. The Morgan fingerprint density at radius 3 is 2.46 bits per heavy atom. The third-order valence-electron chi connectivity index (χ3n) is 6.45. The second kappa shape index (κ2) is 9.39. The summed E-state index contributed by atoms with van der Waals surface area (Å²) in [5, 5.41) is 14.3. The number of thiazole rings is 1. The van der Waals surface area contributed by atoms with Gasteiger partial charge in [0.05, 0.1) is 15.8 Å². The minimum absolute atomic E-state index is 0.308. The molecule has 1 saturated heterocycles. The predicted molar refractivity (Wildman–Crippen MR) is 132 cm³/mol. The number of benzene rings is 1. The van der Waals surface area contributed by atoms with Crippen LogP contribution in [0.4, 0.5) is 24.0 Å². The molecule has 188 valence electrons. The summed E-state index contributed by atoms with van der Waals surface area (Å²) >= 11 is 1.49. The summed E-state index contributed by atoms with van der Waals surface area (Å²) in [6.45, 7) is 9.51. The van der Waals surface area contributed by atoms with E-state index < -0.39 is 23.4 Å². The summed E-state index contributed by atoms with van der Waals surface area (Å²) in [5.41, 5.74) is -1.40. The van der Waals surface area contributed by atoms with E-state index in [1.54, 1.807) is 26.0 Å². The average molecular weight is 507 g/mol. The van der Waals surface area contributed by atoms with Crippen molar-refractivity contribution in [1.82, 2.24) is 9.97 Å². The number of carbonyl (C=O) groups is 1. The predicted octanol–water partition coefficient (Wildman–Crippen LogP) is 6.06. The zero-order chi connectivity index (χ0) is 25.5. The molecule has 1 fully saturated rings. The summed E-state index contributed by atoms with van der Waals surface area (Å²) in [4.78, 5) is 23.3. The smallest absolute Gasteiger partial charge is 0.386 e. The van der Waals surface area contributed by atoms with Crippen LogP contribution in [-0.2, 0) is 11.8 Å². The highest BCUT2D eigenvalue weighted by Gasteiger charge is 2.33. The maximum atomic E-state index is 13.0. The molecule has 0 radical (unpaired) electrons. The Balaban J connectivity index is 1.64. The molecule has 35 heavy (non-hydrogen) atoms. The Kier molecular flexibility index (Phi) is 6.80. The Labute approximate surface area is 206 Å². The van der Waals surface area contributed by atoms with Gasteiger partial charge in [0.1, 0.15) is 11.4 Å². The Hall–Kier alpha value is -2.72. The second-order valence-corrected chi connectivity index (χ2v) is 10.9. The SMILES string of the molecule is CC(C)C1CCN(c2nc3cc(C(C)(C)O)c(NC(=O)c4cccc(C(F)(F)F)n4)cc3s2)CC1. The molecule has 0 spiro atoms. The molecule has 1 amide bonds. The van der Waals surface area contributed by atoms with Gasteiger partial charge in [-0.3, -0.25) is 4.79 Å². The zero-order valence-corrected chi connectivity index (χ0v) is 20.9. The summed E-state index contributed by atoms with van der Waals surface area (Å²) in [6.07, 6.45) is -2.45. The molecule has 3 aromatic rings. The molecule has 0 saturated carbocycles. The number of halogens is 3. The number of hydrogen-bond acceptors (Lipinski definition) is 6. The highest BCUT2D eigenvalue weighted by Crippen LogP contribution is 2.38. The number of rotatable bonds is 5. The molecule has 2 aromatic heterocycles. The maximum Gasteiger partial charge on any atom is 0.433 e. The molecule has 1 aliphatic rings. The molecule has 3 heterocycles. The number of aliphatic hydroxyl groups is 1. The monoisotopic (exact) mass is 506 g/mol. The topological polar surface area (TPSA) is 78.4 Å². The van der Waals surface area contributed by atoms with Gasteiger partial charge in [0.15, 0.2) is 5.13 Å². The van der Waals surface area contributed by atoms with E-state index in [4.69, 9.17) is 4.98 Å². The average Bonchev–Trinajstić information content (AvgIpc) is 3.20. The van der Waals surface area contributed by atoms with Crippen LogP contribution in [0, 0.1) is 11.8 Å². The van der Waals surface area contributed by atoms with E-state index in [0.29, 0.717) is 28.6 Å². The van der Waals surface area contributed by atoms with Crippen LogP contribution < -0.4 is 10.2 Å². The van der Waals surface area contributed by atoms with Crippen molar-refractivity contribution in [2.75, 3.05) is 23.3 Å². The Bertz CT molecular complexity index is 1230. The molecule has 10 heteroatoms. The van der Waals surface area contributed by atoms with E-state index in [-0.39, 0.29) is 5.69 Å². The first-order valence-electron chi connectivity index (χ1n) is 11.6. The Morgan fingerprint density at radius 1 is 1.17 bits per heavy atom. The van der Waals surface area contributed by atoms with E-state index in [1.165, 1.54) is 17.4 Å². The molecule has 0 atom stereocenters. The van der Waals surface area contributed by atoms with Crippen LogP contribution in [0.25, 0.3) is 10.2 Å². The van der Waals surface area contributed by atoms with Gasteiger partial charge in [-0.25, -0.2) is 9.97 Å². The van der Waals surface area contributed by atoms with Crippen LogP contribution in [-0.4, -0.2) is 34.1 Å². The first-order valence-corrected chi connectivity index (χ1v) is 12.4. The summed E-state index contributed by atoms with van der Waals surface area (Å²) in [5.74, 6) is 0.564. The standard InChI is InChI=1S/C25H29F3N4O2S/c1-14(2)15-8-10-32(11-9-15)23-31-19-12-16(24(3,4)34)18(13-20(19)35-23)30-22(33)17-6-5-7-21(29-17)25(26,27)28/h5-7,12-15,34H,8-11H2,1-4H3,(H,30,33). The fourth-order valence-electron chi connectivity index (χ4n) is 4.37. The molecule has 0 bridgehead atoms. The van der Waals surface area contributed by atoms with Crippen LogP contribution in [0.5, 0.6) is 0 Å². The van der Waals surface area contributed by atoms with Crippen molar-refractivity contribution in [3.8, 4) is 0 Å². The number of amides is 1. The van der Waals surface area contributed by atoms with Crippen LogP contribution in [0.3, 0.4) is 0 Å². The van der Waals surface area contributed by atoms with E-state index in [0.717, 1.165) is 47.9 Å². The lowest BCUT2D eigenvalue weighted by atomic mass is 9.87. The number of anilines is 2. The van der Waals surface area contributed by atoms with E-state index in [1.807, 2.05) is 0 Å². The van der Waals surface area contributed by atoms with Crippen molar-refractivity contribution >= 4 is 38.3 Å². The highest BCUT2D eigenvalue weighted by atomic mass is 32.1. The van der Waals surface area contributed by atoms with Crippen LogP contribution in [0.15, 0.2) is 30.3 Å². The summed E-state index contributed by atoms with van der Waals surface area (Å²) < 4.78 is 39.9. The van der Waals surface area contributed by atoms with Gasteiger partial charge in [0.2, 0.25) is 0 Å². The molecule has 1 aliphatic heterocycles. The highest BCUT2D eigenvalue weighted by molar-refractivity contribution is 7.22. The van der Waals surface area contributed by atoms with E-state index in [2.05, 4.69) is 29.0 Å². The van der Waals surface area contributed by atoms with Crippen molar-refractivity contribution in [2.45, 2.75) is 52.3 Å². The first kappa shape index (κ1) is 25.4. The Morgan fingerprint density at radius 2 is 1.86 bits per heavy atom. The molecule has 6 nitrogen and oxygen atoms in total. The van der Waals surface area contributed by atoms with Crippen molar-refractivity contribution in [1.29, 1.82) is 0 Å². The number of nitrogens with zero attached hydrogens (tertiary/aromatic N) is 3. The largest absolute Gasteiger partial charge is 0.433 e. The first-order chi connectivity index (χ1) is 16.3. The minimum Gasteiger partial charge on any atom is -0.386 e. The molecule has 0 unspecified atom stereocenters. The van der Waals surface area contributed by atoms with Gasteiger partial charge in [-0.1, -0.05) is 31.3 Å². The van der Waals surface area contributed by atoms with Gasteiger partial charge in [0, 0.05) is 24.3 Å². The number of pyridine rings is 1. The van der Waals surface area contributed by atoms with Crippen LogP contribution in [0.1, 0.15) is 62.3 Å². The van der Waals surface area contributed by atoms with E-state index >= 15 is 0 Å². The van der Waals surface area contributed by atoms with Crippen molar-refractivity contribution in [3.63, 3.8) is 0 Å². The quantitative estimate of drug-likeness (QED) is 0.440. The third kappa shape index (κ3) is 5.59.